The van der Waals surface area contributed by atoms with Crippen LogP contribution in [-0.4, -0.2) is 22.1 Å². The molecule has 0 spiro atoms. The molecule has 4 rings (SSSR count). The van der Waals surface area contributed by atoms with Gasteiger partial charge in [-0.3, -0.25) is 10.1 Å². The van der Waals surface area contributed by atoms with Crippen molar-refractivity contribution >= 4 is 22.9 Å². The van der Waals surface area contributed by atoms with E-state index in [1.54, 1.807) is 12.1 Å². The van der Waals surface area contributed by atoms with Crippen molar-refractivity contribution in [3.63, 3.8) is 0 Å². The van der Waals surface area contributed by atoms with Crippen LogP contribution >= 0.6 is 0 Å². The molecule has 6 heteroatoms. The van der Waals surface area contributed by atoms with E-state index in [0.29, 0.717) is 36.6 Å². The molecule has 0 fully saturated rings. The lowest BCUT2D eigenvalue weighted by Gasteiger charge is -2.24. The highest BCUT2D eigenvalue weighted by Crippen LogP contribution is 2.34. The van der Waals surface area contributed by atoms with E-state index < -0.39 is 0 Å². The van der Waals surface area contributed by atoms with Crippen molar-refractivity contribution in [1.82, 2.24) is 9.55 Å². The highest BCUT2D eigenvalue weighted by molar-refractivity contribution is 5.96. The molecule has 6 nitrogen and oxygen atoms in total. The molecule has 1 aliphatic heterocycles. The Labute approximate surface area is 151 Å². The van der Waals surface area contributed by atoms with Crippen LogP contribution in [0.4, 0.5) is 5.95 Å². The monoisotopic (exact) mass is 346 g/mol. The Morgan fingerprint density at radius 1 is 1.38 bits per heavy atom. The summed E-state index contributed by atoms with van der Waals surface area (Å²) in [6.45, 7) is 3.19. The van der Waals surface area contributed by atoms with Gasteiger partial charge >= 0.3 is 0 Å². The fraction of sp³-hybridized carbons (Fsp3) is 0.250. The first-order valence-electron chi connectivity index (χ1n) is 8.64. The Morgan fingerprint density at radius 2 is 2.23 bits per heavy atom. The van der Waals surface area contributed by atoms with Crippen LogP contribution in [-0.2, 0) is 11.3 Å². The summed E-state index contributed by atoms with van der Waals surface area (Å²) in [6.07, 6.45) is 0.633. The van der Waals surface area contributed by atoms with Gasteiger partial charge in [-0.2, -0.15) is 5.26 Å². The van der Waals surface area contributed by atoms with Gasteiger partial charge in [-0.05, 0) is 37.6 Å². The minimum absolute atomic E-state index is 0.0914. The molecule has 0 aliphatic carbocycles. The second kappa shape index (κ2) is 6.52. The average molecular weight is 346 g/mol. The molecule has 1 amide bonds. The summed E-state index contributed by atoms with van der Waals surface area (Å²) in [5.74, 6) is 0.916. The van der Waals surface area contributed by atoms with E-state index in [1.807, 2.05) is 41.8 Å². The van der Waals surface area contributed by atoms with Crippen molar-refractivity contribution in [1.29, 1.82) is 5.26 Å². The summed E-state index contributed by atoms with van der Waals surface area (Å²) >= 11 is 0. The molecule has 26 heavy (non-hydrogen) atoms. The highest BCUT2D eigenvalue weighted by atomic mass is 16.5. The van der Waals surface area contributed by atoms with Gasteiger partial charge in [-0.1, -0.05) is 18.2 Å². The van der Waals surface area contributed by atoms with Gasteiger partial charge < -0.3 is 9.30 Å². The van der Waals surface area contributed by atoms with Crippen molar-refractivity contribution in [3.05, 3.63) is 53.6 Å². The van der Waals surface area contributed by atoms with Crippen LogP contribution in [0.3, 0.4) is 0 Å². The topological polar surface area (TPSA) is 79.9 Å². The second-order valence-corrected chi connectivity index (χ2v) is 6.21. The quantitative estimate of drug-likeness (QED) is 0.788. The lowest BCUT2D eigenvalue weighted by Crippen LogP contribution is -2.27. The minimum Gasteiger partial charge on any atom is -0.493 e. The highest BCUT2D eigenvalue weighted by Gasteiger charge is 2.28. The number of para-hydroxylation sites is 1. The first kappa shape index (κ1) is 16.2. The molecule has 1 aliphatic rings. The molecular formula is C20H18N4O2. The number of hydrogen-bond acceptors (Lipinski definition) is 4. The smallest absolute Gasteiger partial charge is 0.234 e. The van der Waals surface area contributed by atoms with E-state index in [9.17, 15) is 4.79 Å². The molecule has 0 radical (unpaired) electrons. The van der Waals surface area contributed by atoms with Crippen LogP contribution < -0.4 is 10.1 Å². The van der Waals surface area contributed by atoms with E-state index in [1.165, 1.54) is 0 Å². The zero-order valence-corrected chi connectivity index (χ0v) is 14.4. The summed E-state index contributed by atoms with van der Waals surface area (Å²) in [5, 5.41) is 12.0. The van der Waals surface area contributed by atoms with Crippen LogP contribution in [0.5, 0.6) is 5.75 Å². The Kier molecular flexibility index (Phi) is 4.05. The number of anilines is 1. The van der Waals surface area contributed by atoms with Gasteiger partial charge in [-0.15, -0.1) is 0 Å². The Bertz CT molecular complexity index is 1030. The largest absolute Gasteiger partial charge is 0.493 e. The lowest BCUT2D eigenvalue weighted by atomic mass is 9.92. The Balaban J connectivity index is 1.67. The zero-order chi connectivity index (χ0) is 18.1. The van der Waals surface area contributed by atoms with Crippen molar-refractivity contribution in [3.8, 4) is 11.8 Å². The number of ether oxygens (including phenoxy) is 1. The number of aryl methyl sites for hydroxylation is 1. The number of carbonyl (C=O) groups excluding carboxylic acids is 1. The molecule has 1 aromatic heterocycles. The number of carbonyl (C=O) groups is 1. The zero-order valence-electron chi connectivity index (χ0n) is 14.4. The summed E-state index contributed by atoms with van der Waals surface area (Å²) in [6, 6.07) is 15.1. The van der Waals surface area contributed by atoms with Gasteiger partial charge in [0.25, 0.3) is 0 Å². The van der Waals surface area contributed by atoms with Gasteiger partial charge in [0.2, 0.25) is 11.9 Å². The Morgan fingerprint density at radius 3 is 3.04 bits per heavy atom. The maximum absolute atomic E-state index is 12.9. The SMILES string of the molecule is CCn1c(NC(=O)C2CCOc3ccccc32)nc2cc(C#N)ccc21. The molecule has 3 aromatic rings. The van der Waals surface area contributed by atoms with E-state index in [4.69, 9.17) is 10.00 Å². The average Bonchev–Trinajstić information content (AvgIpc) is 3.03. The number of nitrogens with zero attached hydrogens (tertiary/aromatic N) is 3. The third-order valence-corrected chi connectivity index (χ3v) is 4.70. The van der Waals surface area contributed by atoms with Gasteiger partial charge in [-0.25, -0.2) is 4.98 Å². The van der Waals surface area contributed by atoms with Crippen LogP contribution in [0.1, 0.15) is 30.4 Å². The molecule has 1 unspecified atom stereocenters. The molecule has 1 N–H and O–H groups in total. The summed E-state index contributed by atoms with van der Waals surface area (Å²) in [5.41, 5.74) is 3.06. The fourth-order valence-corrected chi connectivity index (χ4v) is 3.43. The maximum atomic E-state index is 12.9. The minimum atomic E-state index is -0.264. The predicted octanol–water partition coefficient (Wildman–Crippen LogP) is 3.43. The van der Waals surface area contributed by atoms with E-state index in [-0.39, 0.29) is 11.8 Å². The molecule has 2 heterocycles. The van der Waals surface area contributed by atoms with Crippen LogP contribution in [0.15, 0.2) is 42.5 Å². The van der Waals surface area contributed by atoms with Gasteiger partial charge in [0.15, 0.2) is 0 Å². The first-order valence-corrected chi connectivity index (χ1v) is 8.64. The molecule has 0 bridgehead atoms. The Hall–Kier alpha value is -3.33. The number of imidazole rings is 1. The number of nitriles is 1. The van der Waals surface area contributed by atoms with Crippen molar-refractivity contribution < 1.29 is 9.53 Å². The number of fused-ring (bicyclic) bond motifs is 2. The van der Waals surface area contributed by atoms with Crippen molar-refractivity contribution in [2.45, 2.75) is 25.8 Å². The molecule has 1 atom stereocenters. The fourth-order valence-electron chi connectivity index (χ4n) is 3.43. The summed E-state index contributed by atoms with van der Waals surface area (Å²) in [4.78, 5) is 17.5. The number of nitrogens with one attached hydrogen (secondary N) is 1. The third kappa shape index (κ3) is 2.68. The maximum Gasteiger partial charge on any atom is 0.234 e. The van der Waals surface area contributed by atoms with Crippen LogP contribution in [0.25, 0.3) is 11.0 Å². The first-order chi connectivity index (χ1) is 12.7. The molecule has 2 aromatic carbocycles. The molecule has 0 saturated carbocycles. The molecule has 0 saturated heterocycles. The third-order valence-electron chi connectivity index (χ3n) is 4.70. The van der Waals surface area contributed by atoms with E-state index >= 15 is 0 Å². The predicted molar refractivity (Wildman–Crippen MR) is 98.0 cm³/mol. The van der Waals surface area contributed by atoms with E-state index in [0.717, 1.165) is 16.8 Å². The number of amides is 1. The second-order valence-electron chi connectivity index (χ2n) is 6.21. The standard InChI is InChI=1S/C20H18N4O2/c1-2-24-17-8-7-13(12-21)11-16(17)22-20(24)23-19(25)15-9-10-26-18-6-4-3-5-14(15)18/h3-8,11,15H,2,9-10H2,1H3,(H,22,23,25). The summed E-state index contributed by atoms with van der Waals surface area (Å²) < 4.78 is 7.59. The van der Waals surface area contributed by atoms with Crippen LogP contribution in [0.2, 0.25) is 0 Å². The molecule has 130 valence electrons. The van der Waals surface area contributed by atoms with Crippen LogP contribution in [0, 0.1) is 11.3 Å². The number of hydrogen-bond donors (Lipinski definition) is 1. The van der Waals surface area contributed by atoms with Crippen molar-refractivity contribution in [2.75, 3.05) is 11.9 Å². The van der Waals surface area contributed by atoms with Gasteiger partial charge in [0.05, 0.1) is 35.2 Å². The van der Waals surface area contributed by atoms with Crippen molar-refractivity contribution in [2.24, 2.45) is 0 Å². The lowest BCUT2D eigenvalue weighted by molar-refractivity contribution is -0.118. The number of benzene rings is 2. The molecular weight excluding hydrogens is 328 g/mol. The summed E-state index contributed by atoms with van der Waals surface area (Å²) in [7, 11) is 0. The van der Waals surface area contributed by atoms with Gasteiger partial charge in [0, 0.05) is 12.1 Å². The number of aromatic nitrogens is 2. The van der Waals surface area contributed by atoms with Gasteiger partial charge in [0.1, 0.15) is 5.75 Å². The van der Waals surface area contributed by atoms with E-state index in [2.05, 4.69) is 16.4 Å². The number of rotatable bonds is 3. The normalized spacial score (nSPS) is 15.8.